The van der Waals surface area contributed by atoms with Gasteiger partial charge in [-0.25, -0.2) is 0 Å². The van der Waals surface area contributed by atoms with Crippen LogP contribution in [0.5, 0.6) is 0 Å². The van der Waals surface area contributed by atoms with Crippen LogP contribution in [0, 0.1) is 0 Å². The molecule has 1 aliphatic rings. The van der Waals surface area contributed by atoms with E-state index in [0.29, 0.717) is 11.4 Å². The summed E-state index contributed by atoms with van der Waals surface area (Å²) in [5.41, 5.74) is 1.73. The first kappa shape index (κ1) is 16.3. The number of nitrogens with one attached hydrogen (secondary N) is 1. The van der Waals surface area contributed by atoms with Gasteiger partial charge in [0.15, 0.2) is 0 Å². The van der Waals surface area contributed by atoms with Crippen LogP contribution in [0.15, 0.2) is 24.3 Å². The molecule has 0 aromatic heterocycles. The van der Waals surface area contributed by atoms with Crippen molar-refractivity contribution in [1.82, 2.24) is 15.1 Å². The number of carbonyl (C=O) groups is 1. The first-order valence-electron chi connectivity index (χ1n) is 7.53. The number of likely N-dealkylation sites (N-methyl/N-ethyl adjacent to an activating group) is 1. The van der Waals surface area contributed by atoms with Gasteiger partial charge in [-0.3, -0.25) is 4.79 Å². The number of amides is 1. The van der Waals surface area contributed by atoms with Crippen LogP contribution >= 0.6 is 11.6 Å². The third-order valence-corrected chi connectivity index (χ3v) is 4.21. The standard InChI is InChI=1S/C16H24ClN3O/c1-19-9-11-20(12-10-19)8-2-7-18-16(21)15-5-3-14(13-17)4-6-15/h3-6H,2,7-13H2,1H3,(H,18,21). The maximum absolute atomic E-state index is 12.0. The molecule has 0 unspecified atom stereocenters. The highest BCUT2D eigenvalue weighted by Gasteiger charge is 2.13. The van der Waals surface area contributed by atoms with Crippen molar-refractivity contribution in [2.24, 2.45) is 0 Å². The van der Waals surface area contributed by atoms with Crippen LogP contribution in [0.4, 0.5) is 0 Å². The fourth-order valence-electron chi connectivity index (χ4n) is 2.42. The predicted octanol–water partition coefficient (Wildman–Crippen LogP) is 1.79. The minimum absolute atomic E-state index is 0.00509. The molecule has 1 fully saturated rings. The minimum Gasteiger partial charge on any atom is -0.352 e. The van der Waals surface area contributed by atoms with Gasteiger partial charge in [-0.15, -0.1) is 11.6 Å². The quantitative estimate of drug-likeness (QED) is 0.643. The Labute approximate surface area is 132 Å². The number of carbonyl (C=O) groups excluding carboxylic acids is 1. The van der Waals surface area contributed by atoms with Crippen molar-refractivity contribution in [3.8, 4) is 0 Å². The molecule has 1 heterocycles. The van der Waals surface area contributed by atoms with Gasteiger partial charge in [-0.2, -0.15) is 0 Å². The van der Waals surface area contributed by atoms with Crippen molar-refractivity contribution in [3.05, 3.63) is 35.4 Å². The number of rotatable bonds is 6. The molecular formula is C16H24ClN3O. The minimum atomic E-state index is -0.00509. The fraction of sp³-hybridized carbons (Fsp3) is 0.562. The Morgan fingerprint density at radius 2 is 1.86 bits per heavy atom. The number of halogens is 1. The molecule has 0 atom stereocenters. The third-order valence-electron chi connectivity index (χ3n) is 3.90. The number of benzene rings is 1. The smallest absolute Gasteiger partial charge is 0.251 e. The number of nitrogens with zero attached hydrogens (tertiary/aromatic N) is 2. The molecule has 1 N–H and O–H groups in total. The topological polar surface area (TPSA) is 35.6 Å². The summed E-state index contributed by atoms with van der Waals surface area (Å²) in [7, 11) is 2.16. The van der Waals surface area contributed by atoms with Crippen molar-refractivity contribution in [3.63, 3.8) is 0 Å². The van der Waals surface area contributed by atoms with E-state index in [0.717, 1.165) is 51.3 Å². The SMILES string of the molecule is CN1CCN(CCCNC(=O)c2ccc(CCl)cc2)CC1. The largest absolute Gasteiger partial charge is 0.352 e. The van der Waals surface area contributed by atoms with Gasteiger partial charge in [0.1, 0.15) is 0 Å². The van der Waals surface area contributed by atoms with Crippen LogP contribution in [0.25, 0.3) is 0 Å². The molecule has 1 aliphatic heterocycles. The van der Waals surface area contributed by atoms with Crippen molar-refractivity contribution in [2.45, 2.75) is 12.3 Å². The number of piperazine rings is 1. The number of hydrogen-bond acceptors (Lipinski definition) is 3. The van der Waals surface area contributed by atoms with Gasteiger partial charge >= 0.3 is 0 Å². The van der Waals surface area contributed by atoms with E-state index in [9.17, 15) is 4.79 Å². The molecule has 1 amide bonds. The van der Waals surface area contributed by atoms with Gasteiger partial charge < -0.3 is 15.1 Å². The zero-order valence-corrected chi connectivity index (χ0v) is 13.4. The first-order valence-corrected chi connectivity index (χ1v) is 8.06. The predicted molar refractivity (Wildman–Crippen MR) is 86.9 cm³/mol. The van der Waals surface area contributed by atoms with Gasteiger partial charge in [0.2, 0.25) is 0 Å². The van der Waals surface area contributed by atoms with Gasteiger partial charge in [0, 0.05) is 44.2 Å². The van der Waals surface area contributed by atoms with E-state index in [2.05, 4.69) is 22.2 Å². The first-order chi connectivity index (χ1) is 10.2. The summed E-state index contributed by atoms with van der Waals surface area (Å²) in [6.07, 6.45) is 0.995. The molecule has 0 radical (unpaired) electrons. The molecule has 4 nitrogen and oxygen atoms in total. The highest BCUT2D eigenvalue weighted by molar-refractivity contribution is 6.17. The molecular weight excluding hydrogens is 286 g/mol. The maximum atomic E-state index is 12.0. The van der Waals surface area contributed by atoms with Crippen molar-refractivity contribution in [2.75, 3.05) is 46.3 Å². The second kappa shape index (κ2) is 8.37. The monoisotopic (exact) mass is 309 g/mol. The van der Waals surface area contributed by atoms with Crippen LogP contribution in [-0.2, 0) is 5.88 Å². The Balaban J connectivity index is 1.64. The highest BCUT2D eigenvalue weighted by Crippen LogP contribution is 2.07. The van der Waals surface area contributed by atoms with Gasteiger partial charge in [-0.05, 0) is 37.7 Å². The van der Waals surface area contributed by atoms with Crippen molar-refractivity contribution in [1.29, 1.82) is 0 Å². The molecule has 5 heteroatoms. The zero-order chi connectivity index (χ0) is 15.1. The Kier molecular flexibility index (Phi) is 6.49. The Hall–Kier alpha value is -1.10. The van der Waals surface area contributed by atoms with E-state index in [4.69, 9.17) is 11.6 Å². The van der Waals surface area contributed by atoms with Gasteiger partial charge in [0.25, 0.3) is 5.91 Å². The van der Waals surface area contributed by atoms with Gasteiger partial charge in [-0.1, -0.05) is 12.1 Å². The van der Waals surface area contributed by atoms with Crippen LogP contribution in [0.1, 0.15) is 22.3 Å². The van der Waals surface area contributed by atoms with Crippen molar-refractivity contribution >= 4 is 17.5 Å². The molecule has 0 spiro atoms. The summed E-state index contributed by atoms with van der Waals surface area (Å²) in [5, 5.41) is 2.98. The molecule has 0 saturated carbocycles. The van der Waals surface area contributed by atoms with E-state index in [1.54, 1.807) is 0 Å². The molecule has 0 bridgehead atoms. The third kappa shape index (κ3) is 5.30. The Bertz CT molecular complexity index is 441. The van der Waals surface area contributed by atoms with Crippen molar-refractivity contribution < 1.29 is 4.79 Å². The lowest BCUT2D eigenvalue weighted by atomic mass is 10.1. The van der Waals surface area contributed by atoms with Gasteiger partial charge in [0.05, 0.1) is 0 Å². The fourth-order valence-corrected chi connectivity index (χ4v) is 2.60. The highest BCUT2D eigenvalue weighted by atomic mass is 35.5. The van der Waals surface area contributed by atoms with E-state index in [1.807, 2.05) is 24.3 Å². The second-order valence-corrected chi connectivity index (χ2v) is 5.85. The lowest BCUT2D eigenvalue weighted by Gasteiger charge is -2.32. The average molecular weight is 310 g/mol. The summed E-state index contributed by atoms with van der Waals surface area (Å²) < 4.78 is 0. The number of alkyl halides is 1. The average Bonchev–Trinajstić information content (AvgIpc) is 2.53. The molecule has 21 heavy (non-hydrogen) atoms. The molecule has 1 aromatic rings. The van der Waals surface area contributed by atoms with Crippen LogP contribution in [0.2, 0.25) is 0 Å². The lowest BCUT2D eigenvalue weighted by molar-refractivity contribution is 0.0949. The summed E-state index contributed by atoms with van der Waals surface area (Å²) >= 11 is 5.74. The second-order valence-electron chi connectivity index (χ2n) is 5.58. The van der Waals surface area contributed by atoms with E-state index >= 15 is 0 Å². The summed E-state index contributed by atoms with van der Waals surface area (Å²) in [4.78, 5) is 16.8. The summed E-state index contributed by atoms with van der Waals surface area (Å²) in [6.45, 7) is 6.31. The molecule has 0 aliphatic carbocycles. The summed E-state index contributed by atoms with van der Waals surface area (Å²) in [5.74, 6) is 0.474. The molecule has 1 saturated heterocycles. The van der Waals surface area contributed by atoms with E-state index in [1.165, 1.54) is 0 Å². The van der Waals surface area contributed by atoms with Crippen LogP contribution in [-0.4, -0.2) is 62.0 Å². The number of hydrogen-bond donors (Lipinski definition) is 1. The summed E-state index contributed by atoms with van der Waals surface area (Å²) in [6, 6.07) is 7.44. The Morgan fingerprint density at radius 3 is 2.48 bits per heavy atom. The van der Waals surface area contributed by atoms with E-state index in [-0.39, 0.29) is 5.91 Å². The molecule has 1 aromatic carbocycles. The maximum Gasteiger partial charge on any atom is 0.251 e. The van der Waals surface area contributed by atoms with Crippen LogP contribution < -0.4 is 5.32 Å². The molecule has 2 rings (SSSR count). The Morgan fingerprint density at radius 1 is 1.19 bits per heavy atom. The zero-order valence-electron chi connectivity index (χ0n) is 12.6. The normalized spacial score (nSPS) is 16.9. The lowest BCUT2D eigenvalue weighted by Crippen LogP contribution is -2.45. The van der Waals surface area contributed by atoms with Crippen LogP contribution in [0.3, 0.4) is 0 Å². The molecule has 116 valence electrons. The van der Waals surface area contributed by atoms with E-state index < -0.39 is 0 Å².